The first-order valence-electron chi connectivity index (χ1n) is 4.99. The molecule has 16 heavy (non-hydrogen) atoms. The first kappa shape index (κ1) is 11.1. The van der Waals surface area contributed by atoms with Crippen LogP contribution in [0.1, 0.15) is 11.3 Å². The molecule has 0 atom stereocenters. The van der Waals surface area contributed by atoms with Crippen LogP contribution in [0.2, 0.25) is 0 Å². The topological polar surface area (TPSA) is 42.7 Å². The molecule has 0 saturated heterocycles. The highest BCUT2D eigenvalue weighted by Gasteiger charge is 2.00. The zero-order valence-electron chi connectivity index (χ0n) is 9.24. The molecule has 4 nitrogen and oxygen atoms in total. The van der Waals surface area contributed by atoms with Crippen LogP contribution in [-0.2, 0) is 13.6 Å². The molecule has 0 amide bonds. The van der Waals surface area contributed by atoms with Gasteiger partial charge in [0, 0.05) is 13.2 Å². The molecule has 1 N–H and O–H groups in total. The number of hydrogen-bond donors (Lipinski definition) is 1. The summed E-state index contributed by atoms with van der Waals surface area (Å²) < 4.78 is 2.68. The SMILES string of the molecule is Cc1cc(NCc2ccn(C)n2)cnc1Br. The van der Waals surface area contributed by atoms with Gasteiger partial charge < -0.3 is 5.32 Å². The monoisotopic (exact) mass is 280 g/mol. The minimum Gasteiger partial charge on any atom is -0.378 e. The summed E-state index contributed by atoms with van der Waals surface area (Å²) in [6.45, 7) is 2.73. The lowest BCUT2D eigenvalue weighted by atomic mass is 10.3. The Kier molecular flexibility index (Phi) is 3.24. The number of nitrogens with one attached hydrogen (secondary N) is 1. The average Bonchev–Trinajstić information content (AvgIpc) is 2.66. The maximum Gasteiger partial charge on any atom is 0.109 e. The molecule has 2 rings (SSSR count). The second-order valence-electron chi connectivity index (χ2n) is 3.67. The van der Waals surface area contributed by atoms with Crippen LogP contribution in [0.15, 0.2) is 29.1 Å². The van der Waals surface area contributed by atoms with Gasteiger partial charge in [-0.1, -0.05) is 0 Å². The van der Waals surface area contributed by atoms with Gasteiger partial charge in [0.25, 0.3) is 0 Å². The summed E-state index contributed by atoms with van der Waals surface area (Å²) in [5, 5.41) is 7.57. The molecule has 2 heterocycles. The fourth-order valence-corrected chi connectivity index (χ4v) is 1.62. The fraction of sp³-hybridized carbons (Fsp3) is 0.273. The molecule has 2 aromatic rings. The highest BCUT2D eigenvalue weighted by Crippen LogP contribution is 2.17. The maximum atomic E-state index is 4.29. The predicted molar refractivity (Wildman–Crippen MR) is 67.2 cm³/mol. The third kappa shape index (κ3) is 2.61. The van der Waals surface area contributed by atoms with Crippen LogP contribution in [0.3, 0.4) is 0 Å². The van der Waals surface area contributed by atoms with Gasteiger partial charge in [0.15, 0.2) is 0 Å². The van der Waals surface area contributed by atoms with E-state index in [0.717, 1.165) is 21.5 Å². The third-order valence-corrected chi connectivity index (χ3v) is 3.09. The first-order chi connectivity index (χ1) is 7.65. The van der Waals surface area contributed by atoms with Gasteiger partial charge in [0.1, 0.15) is 4.60 Å². The quantitative estimate of drug-likeness (QED) is 0.879. The van der Waals surface area contributed by atoms with Crippen LogP contribution in [0, 0.1) is 6.92 Å². The number of anilines is 1. The number of aromatic nitrogens is 3. The second-order valence-corrected chi connectivity index (χ2v) is 4.42. The first-order valence-corrected chi connectivity index (χ1v) is 5.79. The summed E-state index contributed by atoms with van der Waals surface area (Å²) in [6.07, 6.45) is 3.74. The van der Waals surface area contributed by atoms with E-state index in [2.05, 4.69) is 37.4 Å². The number of rotatable bonds is 3. The predicted octanol–water partition coefficient (Wildman–Crippen LogP) is 2.50. The zero-order chi connectivity index (χ0) is 11.5. The van der Waals surface area contributed by atoms with Crippen molar-refractivity contribution >= 4 is 21.6 Å². The fourth-order valence-electron chi connectivity index (χ4n) is 1.40. The van der Waals surface area contributed by atoms with Gasteiger partial charge in [-0.05, 0) is 40.5 Å². The molecule has 0 radical (unpaired) electrons. The Balaban J connectivity index is 2.02. The average molecular weight is 281 g/mol. The van der Waals surface area contributed by atoms with Crippen molar-refractivity contribution in [3.8, 4) is 0 Å². The van der Waals surface area contributed by atoms with Crippen LogP contribution < -0.4 is 5.32 Å². The largest absolute Gasteiger partial charge is 0.378 e. The molecule has 2 aromatic heterocycles. The summed E-state index contributed by atoms with van der Waals surface area (Å²) in [4.78, 5) is 4.22. The van der Waals surface area contributed by atoms with Crippen molar-refractivity contribution < 1.29 is 0 Å². The van der Waals surface area contributed by atoms with E-state index in [9.17, 15) is 0 Å². The van der Waals surface area contributed by atoms with Gasteiger partial charge in [-0.25, -0.2) is 4.98 Å². The Hall–Kier alpha value is -1.36. The molecule has 0 bridgehead atoms. The highest BCUT2D eigenvalue weighted by molar-refractivity contribution is 9.10. The smallest absolute Gasteiger partial charge is 0.109 e. The normalized spacial score (nSPS) is 10.4. The number of halogens is 1. The Morgan fingerprint density at radius 2 is 2.31 bits per heavy atom. The van der Waals surface area contributed by atoms with Gasteiger partial charge >= 0.3 is 0 Å². The molecule has 84 valence electrons. The summed E-state index contributed by atoms with van der Waals surface area (Å²) >= 11 is 3.37. The van der Waals surface area contributed by atoms with Gasteiger partial charge in [0.2, 0.25) is 0 Å². The van der Waals surface area contributed by atoms with Crippen LogP contribution in [0.25, 0.3) is 0 Å². The Morgan fingerprint density at radius 1 is 1.50 bits per heavy atom. The van der Waals surface area contributed by atoms with Crippen molar-refractivity contribution in [1.82, 2.24) is 14.8 Å². The summed E-state index contributed by atoms with van der Waals surface area (Å²) in [5.41, 5.74) is 3.14. The van der Waals surface area contributed by atoms with Crippen molar-refractivity contribution in [3.63, 3.8) is 0 Å². The molecular formula is C11H13BrN4. The van der Waals surface area contributed by atoms with Crippen molar-refractivity contribution in [2.24, 2.45) is 7.05 Å². The standard InChI is InChI=1S/C11H13BrN4/c1-8-5-10(7-14-11(8)12)13-6-9-3-4-16(2)15-9/h3-5,7,13H,6H2,1-2H3. The van der Waals surface area contributed by atoms with Crippen molar-refractivity contribution in [2.75, 3.05) is 5.32 Å². The minimum absolute atomic E-state index is 0.712. The second kappa shape index (κ2) is 4.65. The van der Waals surface area contributed by atoms with E-state index in [-0.39, 0.29) is 0 Å². The maximum absolute atomic E-state index is 4.29. The van der Waals surface area contributed by atoms with Crippen LogP contribution >= 0.6 is 15.9 Å². The molecule has 0 aromatic carbocycles. The van der Waals surface area contributed by atoms with E-state index in [4.69, 9.17) is 0 Å². The van der Waals surface area contributed by atoms with Gasteiger partial charge in [-0.15, -0.1) is 0 Å². The van der Waals surface area contributed by atoms with E-state index >= 15 is 0 Å². The van der Waals surface area contributed by atoms with Gasteiger partial charge in [0.05, 0.1) is 24.1 Å². The summed E-state index contributed by atoms with van der Waals surface area (Å²) in [6, 6.07) is 4.05. The molecular weight excluding hydrogens is 268 g/mol. The lowest BCUT2D eigenvalue weighted by molar-refractivity contribution is 0.747. The van der Waals surface area contributed by atoms with Crippen LogP contribution in [-0.4, -0.2) is 14.8 Å². The van der Waals surface area contributed by atoms with Gasteiger partial charge in [-0.3, -0.25) is 4.68 Å². The zero-order valence-corrected chi connectivity index (χ0v) is 10.8. The highest BCUT2D eigenvalue weighted by atomic mass is 79.9. The molecule has 0 aliphatic carbocycles. The Morgan fingerprint density at radius 3 is 2.94 bits per heavy atom. The summed E-state index contributed by atoms with van der Waals surface area (Å²) in [7, 11) is 1.91. The van der Waals surface area contributed by atoms with E-state index in [1.54, 1.807) is 10.9 Å². The lowest BCUT2D eigenvalue weighted by Gasteiger charge is -2.05. The molecule has 5 heteroatoms. The molecule has 0 fully saturated rings. The van der Waals surface area contributed by atoms with Gasteiger partial charge in [-0.2, -0.15) is 5.10 Å². The van der Waals surface area contributed by atoms with Crippen molar-refractivity contribution in [2.45, 2.75) is 13.5 Å². The number of pyridine rings is 1. The lowest BCUT2D eigenvalue weighted by Crippen LogP contribution is -2.02. The number of hydrogen-bond acceptors (Lipinski definition) is 3. The molecule has 0 spiro atoms. The molecule has 0 aliphatic rings. The van der Waals surface area contributed by atoms with Crippen LogP contribution in [0.5, 0.6) is 0 Å². The molecule has 0 aliphatic heterocycles. The van der Waals surface area contributed by atoms with E-state index in [1.807, 2.05) is 26.2 Å². The summed E-state index contributed by atoms with van der Waals surface area (Å²) in [5.74, 6) is 0. The number of aryl methyl sites for hydroxylation is 2. The van der Waals surface area contributed by atoms with E-state index < -0.39 is 0 Å². The Bertz CT molecular complexity index is 492. The third-order valence-electron chi connectivity index (χ3n) is 2.26. The van der Waals surface area contributed by atoms with Crippen molar-refractivity contribution in [3.05, 3.63) is 40.4 Å². The Labute approximate surface area is 103 Å². The van der Waals surface area contributed by atoms with Crippen LogP contribution in [0.4, 0.5) is 5.69 Å². The minimum atomic E-state index is 0.712. The molecule has 0 saturated carbocycles. The van der Waals surface area contributed by atoms with E-state index in [0.29, 0.717) is 6.54 Å². The number of nitrogens with zero attached hydrogens (tertiary/aromatic N) is 3. The molecule has 0 unspecified atom stereocenters. The van der Waals surface area contributed by atoms with E-state index in [1.165, 1.54) is 0 Å². The van der Waals surface area contributed by atoms with Crippen molar-refractivity contribution in [1.29, 1.82) is 0 Å².